The van der Waals surface area contributed by atoms with Gasteiger partial charge < -0.3 is 0 Å². The van der Waals surface area contributed by atoms with Crippen molar-refractivity contribution in [2.75, 3.05) is 0 Å². The van der Waals surface area contributed by atoms with Crippen LogP contribution in [0.5, 0.6) is 0 Å². The lowest BCUT2D eigenvalue weighted by atomic mass is 9.70. The van der Waals surface area contributed by atoms with Crippen LogP contribution in [0.15, 0.2) is 212 Å². The maximum Gasteiger partial charge on any atom is 0.164 e. The SMILES string of the molecule is c1ccc(-c2cccc(-c3nc(-c4ccc(-c5cccc6sc7ccccc7c56)cc4)nc(-c4cccc5c4-c4ccccc4C54c5ccccc5-c5ccccc54)n3)c2)cc1. The highest BCUT2D eigenvalue weighted by Gasteiger charge is 2.52. The summed E-state index contributed by atoms with van der Waals surface area (Å²) in [7, 11) is 0. The number of fused-ring (bicyclic) bond motifs is 13. The van der Waals surface area contributed by atoms with Gasteiger partial charge in [0.25, 0.3) is 0 Å². The summed E-state index contributed by atoms with van der Waals surface area (Å²) >= 11 is 1.85. The molecule has 1 spiro atoms. The molecular formula is C58H35N3S. The second-order valence-corrected chi connectivity index (χ2v) is 17.3. The average Bonchev–Trinajstić information content (AvgIpc) is 3.99. The molecule has 0 N–H and O–H groups in total. The van der Waals surface area contributed by atoms with Gasteiger partial charge in [0.1, 0.15) is 0 Å². The number of rotatable bonds is 5. The lowest BCUT2D eigenvalue weighted by molar-refractivity contribution is 0.794. The first-order valence-corrected chi connectivity index (χ1v) is 21.9. The summed E-state index contributed by atoms with van der Waals surface area (Å²) in [6, 6.07) is 76.6. The van der Waals surface area contributed by atoms with E-state index in [2.05, 4.69) is 212 Å². The third-order valence-corrected chi connectivity index (χ3v) is 14.1. The summed E-state index contributed by atoms with van der Waals surface area (Å²) < 4.78 is 2.59. The Hall–Kier alpha value is -7.79. The Morgan fingerprint density at radius 2 is 0.806 bits per heavy atom. The van der Waals surface area contributed by atoms with Gasteiger partial charge in [-0.2, -0.15) is 0 Å². The zero-order valence-electron chi connectivity index (χ0n) is 33.5. The van der Waals surface area contributed by atoms with Crippen LogP contribution in [0.4, 0.5) is 0 Å². The van der Waals surface area contributed by atoms with Crippen LogP contribution in [0.25, 0.3) is 98.8 Å². The first-order valence-electron chi connectivity index (χ1n) is 21.1. The van der Waals surface area contributed by atoms with Crippen LogP contribution in [0.2, 0.25) is 0 Å². The first-order chi connectivity index (χ1) is 30.7. The summed E-state index contributed by atoms with van der Waals surface area (Å²) in [6.45, 7) is 0. The second-order valence-electron chi connectivity index (χ2n) is 16.2. The van der Waals surface area contributed by atoms with Crippen molar-refractivity contribution in [3.8, 4) is 78.7 Å². The lowest BCUT2D eigenvalue weighted by Crippen LogP contribution is -2.25. The van der Waals surface area contributed by atoms with Crippen LogP contribution in [-0.4, -0.2) is 15.0 Å². The second kappa shape index (κ2) is 13.6. The van der Waals surface area contributed by atoms with Gasteiger partial charge >= 0.3 is 0 Å². The Kier molecular flexibility index (Phi) is 7.69. The summed E-state index contributed by atoms with van der Waals surface area (Å²) in [4.78, 5) is 16.1. The van der Waals surface area contributed by atoms with E-state index in [1.807, 2.05) is 11.3 Å². The number of nitrogens with zero attached hydrogens (tertiary/aromatic N) is 3. The van der Waals surface area contributed by atoms with Crippen LogP contribution < -0.4 is 0 Å². The van der Waals surface area contributed by atoms with Gasteiger partial charge in [-0.25, -0.2) is 15.0 Å². The highest BCUT2D eigenvalue weighted by molar-refractivity contribution is 7.25. The van der Waals surface area contributed by atoms with Gasteiger partial charge in [0, 0.05) is 36.9 Å². The van der Waals surface area contributed by atoms with Crippen molar-refractivity contribution in [1.29, 1.82) is 0 Å². The molecule has 0 amide bonds. The Labute approximate surface area is 363 Å². The van der Waals surface area contributed by atoms with Crippen LogP contribution >= 0.6 is 11.3 Å². The van der Waals surface area contributed by atoms with E-state index >= 15 is 0 Å². The fourth-order valence-corrected chi connectivity index (χ4v) is 11.5. The molecule has 0 atom stereocenters. The smallest absolute Gasteiger partial charge is 0.164 e. The topological polar surface area (TPSA) is 38.7 Å². The van der Waals surface area contributed by atoms with E-state index in [4.69, 9.17) is 15.0 Å². The Bertz CT molecular complexity index is 3540. The van der Waals surface area contributed by atoms with E-state index in [1.54, 1.807) is 0 Å². The molecule has 3 nitrogen and oxygen atoms in total. The Morgan fingerprint density at radius 3 is 1.58 bits per heavy atom. The molecule has 0 bridgehead atoms. The number of thiophene rings is 1. The molecule has 0 saturated heterocycles. The molecule has 2 aliphatic carbocycles. The maximum absolute atomic E-state index is 5.40. The minimum atomic E-state index is -0.468. The molecule has 2 aromatic heterocycles. The molecule has 13 rings (SSSR count). The predicted molar refractivity (Wildman–Crippen MR) is 256 cm³/mol. The van der Waals surface area contributed by atoms with E-state index in [0.29, 0.717) is 17.5 Å². The van der Waals surface area contributed by atoms with E-state index in [0.717, 1.165) is 33.4 Å². The molecule has 2 heterocycles. The maximum atomic E-state index is 5.40. The van der Waals surface area contributed by atoms with Gasteiger partial charge in [0.05, 0.1) is 5.41 Å². The van der Waals surface area contributed by atoms with Crippen molar-refractivity contribution < 1.29 is 0 Å². The van der Waals surface area contributed by atoms with Crippen molar-refractivity contribution in [2.24, 2.45) is 0 Å². The molecule has 0 fully saturated rings. The highest BCUT2D eigenvalue weighted by atomic mass is 32.1. The van der Waals surface area contributed by atoms with Gasteiger partial charge in [-0.3, -0.25) is 0 Å². The monoisotopic (exact) mass is 805 g/mol. The van der Waals surface area contributed by atoms with Crippen LogP contribution in [0.3, 0.4) is 0 Å². The zero-order chi connectivity index (χ0) is 40.8. The molecule has 0 radical (unpaired) electrons. The molecule has 288 valence electrons. The van der Waals surface area contributed by atoms with Crippen molar-refractivity contribution in [2.45, 2.75) is 5.41 Å². The van der Waals surface area contributed by atoms with Crippen LogP contribution in [0, 0.1) is 0 Å². The van der Waals surface area contributed by atoms with Gasteiger partial charge in [0.2, 0.25) is 0 Å². The molecule has 9 aromatic carbocycles. The molecule has 62 heavy (non-hydrogen) atoms. The van der Waals surface area contributed by atoms with Crippen LogP contribution in [0.1, 0.15) is 22.3 Å². The quantitative estimate of drug-likeness (QED) is 0.174. The van der Waals surface area contributed by atoms with Crippen molar-refractivity contribution in [1.82, 2.24) is 15.0 Å². The van der Waals surface area contributed by atoms with Crippen molar-refractivity contribution in [3.05, 3.63) is 235 Å². The zero-order valence-corrected chi connectivity index (χ0v) is 34.3. The number of hydrogen-bond acceptors (Lipinski definition) is 4. The van der Waals surface area contributed by atoms with Crippen molar-refractivity contribution >= 4 is 31.5 Å². The van der Waals surface area contributed by atoms with Gasteiger partial charge in [-0.15, -0.1) is 11.3 Å². The molecule has 4 heteroatoms. The van der Waals surface area contributed by atoms with E-state index < -0.39 is 5.41 Å². The minimum Gasteiger partial charge on any atom is -0.208 e. The molecule has 0 aliphatic heterocycles. The van der Waals surface area contributed by atoms with E-state index in [1.165, 1.54) is 70.2 Å². The third kappa shape index (κ3) is 5.08. The average molecular weight is 806 g/mol. The molecule has 0 unspecified atom stereocenters. The molecule has 11 aromatic rings. The van der Waals surface area contributed by atoms with Gasteiger partial charge in [0.15, 0.2) is 17.5 Å². The van der Waals surface area contributed by atoms with E-state index in [9.17, 15) is 0 Å². The molecule has 2 aliphatic rings. The fourth-order valence-electron chi connectivity index (χ4n) is 10.4. The largest absolute Gasteiger partial charge is 0.208 e. The normalized spacial score (nSPS) is 13.0. The summed E-state index contributed by atoms with van der Waals surface area (Å²) in [5.41, 5.74) is 17.1. The standard InChI is InChI=1S/C58H35N3S/c1-2-15-36(16-3-1)39-17-12-18-40(35-39)56-59-55(38-33-31-37(32-34-38)41-23-14-30-52-54(41)45-22-7-11-29-51(45)62-52)60-57(61-56)46-24-13-28-50-53(46)44-21-6-10-27-49(44)58(50)47-25-8-4-19-42(47)43-20-5-9-26-48(43)58/h1-35H. The van der Waals surface area contributed by atoms with E-state index in [-0.39, 0.29) is 0 Å². The molecule has 0 saturated carbocycles. The van der Waals surface area contributed by atoms with Gasteiger partial charge in [-0.1, -0.05) is 194 Å². The lowest BCUT2D eigenvalue weighted by Gasteiger charge is -2.30. The predicted octanol–water partition coefficient (Wildman–Crippen LogP) is 14.9. The summed E-state index contributed by atoms with van der Waals surface area (Å²) in [5.74, 6) is 1.92. The highest BCUT2D eigenvalue weighted by Crippen LogP contribution is 2.63. The summed E-state index contributed by atoms with van der Waals surface area (Å²) in [5, 5.41) is 2.59. The summed E-state index contributed by atoms with van der Waals surface area (Å²) in [6.07, 6.45) is 0. The Morgan fingerprint density at radius 1 is 0.306 bits per heavy atom. The minimum absolute atomic E-state index is 0.468. The Balaban J connectivity index is 1.02. The van der Waals surface area contributed by atoms with Gasteiger partial charge in [-0.05, 0) is 85.0 Å². The molecular weight excluding hydrogens is 771 g/mol. The number of benzene rings is 9. The fraction of sp³-hybridized carbons (Fsp3) is 0.0172. The third-order valence-electron chi connectivity index (χ3n) is 13.0. The van der Waals surface area contributed by atoms with Crippen molar-refractivity contribution in [3.63, 3.8) is 0 Å². The van der Waals surface area contributed by atoms with Crippen LogP contribution in [-0.2, 0) is 5.41 Å². The first kappa shape index (κ1) is 35.0. The number of aromatic nitrogens is 3. The number of hydrogen-bond donors (Lipinski definition) is 0.